The van der Waals surface area contributed by atoms with Crippen LogP contribution in [-0.2, 0) is 16.1 Å². The number of benzene rings is 1. The van der Waals surface area contributed by atoms with Crippen LogP contribution < -0.4 is 16.0 Å². The zero-order valence-corrected chi connectivity index (χ0v) is 15.8. The summed E-state index contributed by atoms with van der Waals surface area (Å²) in [4.78, 5) is 35.8. The van der Waals surface area contributed by atoms with Crippen molar-refractivity contribution < 1.29 is 14.4 Å². The van der Waals surface area contributed by atoms with E-state index < -0.39 is 0 Å². The average molecular weight is 359 g/mol. The quantitative estimate of drug-likeness (QED) is 0.630. The molecule has 6 heteroatoms. The summed E-state index contributed by atoms with van der Waals surface area (Å²) in [6, 6.07) is 7.35. The molecule has 142 valence electrons. The van der Waals surface area contributed by atoms with Crippen molar-refractivity contribution in [2.75, 3.05) is 6.54 Å². The summed E-state index contributed by atoms with van der Waals surface area (Å²) in [6.45, 7) is 6.74. The van der Waals surface area contributed by atoms with Crippen LogP contribution in [-0.4, -0.2) is 30.3 Å². The molecule has 1 fully saturated rings. The molecule has 3 unspecified atom stereocenters. The summed E-state index contributed by atoms with van der Waals surface area (Å²) in [7, 11) is 0. The maximum absolute atomic E-state index is 12.2. The van der Waals surface area contributed by atoms with Crippen LogP contribution in [0.15, 0.2) is 24.3 Å². The van der Waals surface area contributed by atoms with Gasteiger partial charge < -0.3 is 16.0 Å². The molecule has 6 nitrogen and oxygen atoms in total. The van der Waals surface area contributed by atoms with Crippen LogP contribution in [0.4, 0.5) is 0 Å². The van der Waals surface area contributed by atoms with Gasteiger partial charge in [0.1, 0.15) is 0 Å². The van der Waals surface area contributed by atoms with Gasteiger partial charge in [-0.15, -0.1) is 0 Å². The fourth-order valence-corrected chi connectivity index (χ4v) is 2.64. The van der Waals surface area contributed by atoms with E-state index in [2.05, 4.69) is 16.0 Å². The molecule has 26 heavy (non-hydrogen) atoms. The number of carbonyl (C=O) groups excluding carboxylic acids is 3. The molecular formula is C20H29N3O3. The third-order valence-electron chi connectivity index (χ3n) is 4.77. The summed E-state index contributed by atoms with van der Waals surface area (Å²) in [5.41, 5.74) is 1.45. The molecular weight excluding hydrogens is 330 g/mol. The van der Waals surface area contributed by atoms with E-state index >= 15 is 0 Å². The van der Waals surface area contributed by atoms with E-state index in [4.69, 9.17) is 0 Å². The van der Waals surface area contributed by atoms with E-state index in [1.165, 1.54) is 0 Å². The molecule has 1 saturated carbocycles. The zero-order chi connectivity index (χ0) is 19.1. The molecule has 1 aromatic carbocycles. The molecule has 1 aliphatic carbocycles. The van der Waals surface area contributed by atoms with Gasteiger partial charge in [-0.2, -0.15) is 0 Å². The highest BCUT2D eigenvalue weighted by Crippen LogP contribution is 2.37. The fourth-order valence-electron chi connectivity index (χ4n) is 2.64. The maximum atomic E-state index is 12.2. The summed E-state index contributed by atoms with van der Waals surface area (Å²) in [5.74, 6) is 0.412. The predicted octanol–water partition coefficient (Wildman–Crippen LogP) is 1.99. The van der Waals surface area contributed by atoms with Crippen LogP contribution in [0.5, 0.6) is 0 Å². The molecule has 1 aliphatic rings. The van der Waals surface area contributed by atoms with E-state index in [0.29, 0.717) is 24.6 Å². The first-order valence-corrected chi connectivity index (χ1v) is 9.35. The van der Waals surface area contributed by atoms with Gasteiger partial charge in [0, 0.05) is 37.0 Å². The Morgan fingerprint density at radius 2 is 1.96 bits per heavy atom. The molecule has 2 rings (SSSR count). The first kappa shape index (κ1) is 19.9. The summed E-state index contributed by atoms with van der Waals surface area (Å²) in [5, 5.41) is 8.55. The molecule has 0 heterocycles. The summed E-state index contributed by atoms with van der Waals surface area (Å²) >= 11 is 0. The molecule has 3 atom stereocenters. The van der Waals surface area contributed by atoms with E-state index in [-0.39, 0.29) is 36.1 Å². The Balaban J connectivity index is 1.72. The summed E-state index contributed by atoms with van der Waals surface area (Å²) < 4.78 is 0. The van der Waals surface area contributed by atoms with Crippen molar-refractivity contribution in [1.82, 2.24) is 16.0 Å². The molecule has 3 N–H and O–H groups in total. The minimum absolute atomic E-state index is 0.0466. The van der Waals surface area contributed by atoms with Gasteiger partial charge in [-0.3, -0.25) is 14.4 Å². The second-order valence-corrected chi connectivity index (χ2v) is 7.12. The van der Waals surface area contributed by atoms with Crippen molar-refractivity contribution in [3.8, 4) is 0 Å². The largest absolute Gasteiger partial charge is 0.355 e. The monoisotopic (exact) mass is 359 g/mol. The molecule has 0 spiro atoms. The van der Waals surface area contributed by atoms with Gasteiger partial charge in [-0.25, -0.2) is 0 Å². The zero-order valence-electron chi connectivity index (χ0n) is 15.8. The van der Waals surface area contributed by atoms with Gasteiger partial charge in [-0.05, 0) is 43.4 Å². The summed E-state index contributed by atoms with van der Waals surface area (Å²) in [6.07, 6.45) is 2.07. The van der Waals surface area contributed by atoms with Crippen molar-refractivity contribution >= 4 is 17.7 Å². The lowest BCUT2D eigenvalue weighted by Gasteiger charge is -2.12. The van der Waals surface area contributed by atoms with Gasteiger partial charge in [0.05, 0.1) is 0 Å². The van der Waals surface area contributed by atoms with Crippen LogP contribution >= 0.6 is 0 Å². The third-order valence-corrected chi connectivity index (χ3v) is 4.77. The molecule has 3 amide bonds. The van der Waals surface area contributed by atoms with Crippen LogP contribution in [0.2, 0.25) is 0 Å². The van der Waals surface area contributed by atoms with Crippen LogP contribution in [0.25, 0.3) is 0 Å². The van der Waals surface area contributed by atoms with Gasteiger partial charge >= 0.3 is 0 Å². The minimum atomic E-state index is -0.122. The van der Waals surface area contributed by atoms with Crippen molar-refractivity contribution in [2.45, 2.75) is 52.6 Å². The van der Waals surface area contributed by atoms with Crippen LogP contribution in [0.3, 0.4) is 0 Å². The number of rotatable bonds is 9. The van der Waals surface area contributed by atoms with Crippen molar-refractivity contribution in [3.63, 3.8) is 0 Å². The van der Waals surface area contributed by atoms with Crippen molar-refractivity contribution in [2.24, 2.45) is 11.8 Å². The Labute approximate surface area is 155 Å². The molecule has 0 saturated heterocycles. The average Bonchev–Trinajstić information content (AvgIpc) is 3.36. The number of nitrogens with one attached hydrogen (secondary N) is 3. The molecule has 1 aromatic rings. The normalized spacial score (nSPS) is 19.3. The van der Waals surface area contributed by atoms with E-state index in [1.54, 1.807) is 12.1 Å². The third kappa shape index (κ3) is 6.17. The highest BCUT2D eigenvalue weighted by Gasteiger charge is 2.38. The minimum Gasteiger partial charge on any atom is -0.355 e. The topological polar surface area (TPSA) is 87.3 Å². The highest BCUT2D eigenvalue weighted by molar-refractivity contribution is 5.94. The van der Waals surface area contributed by atoms with Gasteiger partial charge in [-0.1, -0.05) is 26.0 Å². The standard InChI is InChI=1S/C20H29N3O3/c1-4-14(3)23-19(25)16-7-5-6-15(11-16)12-22-18(24)8-9-21-20(26)17-10-13(17)2/h5-7,11,13-14,17H,4,8-10,12H2,1-3H3,(H,21,26)(H,22,24)(H,23,25). The maximum Gasteiger partial charge on any atom is 0.251 e. The Morgan fingerprint density at radius 1 is 1.23 bits per heavy atom. The second-order valence-electron chi connectivity index (χ2n) is 7.12. The SMILES string of the molecule is CCC(C)NC(=O)c1cccc(CNC(=O)CCNC(=O)C2CC2C)c1. The molecule has 0 aromatic heterocycles. The Kier molecular flexibility index (Phi) is 7.18. The van der Waals surface area contributed by atoms with Gasteiger partial charge in [0.25, 0.3) is 5.91 Å². The number of carbonyl (C=O) groups is 3. The highest BCUT2D eigenvalue weighted by atomic mass is 16.2. The first-order valence-electron chi connectivity index (χ1n) is 9.35. The van der Waals surface area contributed by atoms with E-state index in [0.717, 1.165) is 18.4 Å². The van der Waals surface area contributed by atoms with Crippen molar-refractivity contribution in [3.05, 3.63) is 35.4 Å². The molecule has 0 bridgehead atoms. The van der Waals surface area contributed by atoms with E-state index in [9.17, 15) is 14.4 Å². The Bertz CT molecular complexity index is 659. The first-order chi connectivity index (χ1) is 12.4. The lowest BCUT2D eigenvalue weighted by atomic mass is 10.1. The lowest BCUT2D eigenvalue weighted by molar-refractivity contribution is -0.123. The second kappa shape index (κ2) is 9.36. The molecule has 0 aliphatic heterocycles. The number of amides is 3. The smallest absolute Gasteiger partial charge is 0.251 e. The Morgan fingerprint density at radius 3 is 2.62 bits per heavy atom. The van der Waals surface area contributed by atoms with Gasteiger partial charge in [0.15, 0.2) is 0 Å². The fraction of sp³-hybridized carbons (Fsp3) is 0.550. The van der Waals surface area contributed by atoms with E-state index in [1.807, 2.05) is 32.9 Å². The number of hydrogen-bond acceptors (Lipinski definition) is 3. The Hall–Kier alpha value is -2.37. The number of hydrogen-bond donors (Lipinski definition) is 3. The van der Waals surface area contributed by atoms with Crippen molar-refractivity contribution in [1.29, 1.82) is 0 Å². The van der Waals surface area contributed by atoms with Crippen LogP contribution in [0, 0.1) is 11.8 Å². The lowest BCUT2D eigenvalue weighted by Crippen LogP contribution is -2.32. The van der Waals surface area contributed by atoms with Gasteiger partial charge in [0.2, 0.25) is 11.8 Å². The molecule has 0 radical (unpaired) electrons. The predicted molar refractivity (Wildman–Crippen MR) is 100 cm³/mol. The van der Waals surface area contributed by atoms with Crippen LogP contribution in [0.1, 0.15) is 56.0 Å².